The van der Waals surface area contributed by atoms with Gasteiger partial charge in [-0.25, -0.2) is 4.79 Å². The van der Waals surface area contributed by atoms with Crippen LogP contribution in [0.2, 0.25) is 0 Å². The highest BCUT2D eigenvalue weighted by molar-refractivity contribution is 5.93. The van der Waals surface area contributed by atoms with E-state index in [1.54, 1.807) is 37.8 Å². The van der Waals surface area contributed by atoms with Crippen molar-refractivity contribution in [2.75, 3.05) is 26.3 Å². The predicted octanol–water partition coefficient (Wildman–Crippen LogP) is 2.36. The molecule has 2 aromatic rings. The van der Waals surface area contributed by atoms with Gasteiger partial charge >= 0.3 is 6.09 Å². The summed E-state index contributed by atoms with van der Waals surface area (Å²) in [7, 11) is 0. The van der Waals surface area contributed by atoms with E-state index in [2.05, 4.69) is 5.10 Å². The van der Waals surface area contributed by atoms with E-state index >= 15 is 0 Å². The molecule has 1 N–H and O–H groups in total. The highest BCUT2D eigenvalue weighted by Crippen LogP contribution is 2.37. The molecule has 2 fully saturated rings. The second-order valence-corrected chi connectivity index (χ2v) is 9.80. The van der Waals surface area contributed by atoms with E-state index in [1.165, 1.54) is 9.58 Å². The normalized spacial score (nSPS) is 19.7. The predicted molar refractivity (Wildman–Crippen MR) is 123 cm³/mol. The Bertz CT molecular complexity index is 1090. The van der Waals surface area contributed by atoms with Crippen molar-refractivity contribution in [3.8, 4) is 0 Å². The molecule has 0 spiro atoms. The summed E-state index contributed by atoms with van der Waals surface area (Å²) in [6.07, 6.45) is 0.461. The van der Waals surface area contributed by atoms with Gasteiger partial charge in [-0.1, -0.05) is 18.2 Å². The molecule has 184 valence electrons. The summed E-state index contributed by atoms with van der Waals surface area (Å²) in [5.74, 6) is -0.752. The summed E-state index contributed by atoms with van der Waals surface area (Å²) in [5, 5.41) is 14.6. The van der Waals surface area contributed by atoms with Crippen molar-refractivity contribution >= 4 is 28.8 Å². The van der Waals surface area contributed by atoms with Crippen LogP contribution in [-0.4, -0.2) is 86.6 Å². The van der Waals surface area contributed by atoms with Gasteiger partial charge in [0.25, 0.3) is 11.8 Å². The van der Waals surface area contributed by atoms with Crippen LogP contribution in [0.1, 0.15) is 57.1 Å². The molecular weight excluding hydrogens is 440 g/mol. The molecule has 2 atom stereocenters. The van der Waals surface area contributed by atoms with Crippen LogP contribution in [-0.2, 0) is 14.3 Å². The number of carbonyl (C=O) groups excluding carboxylic acids is 3. The zero-order chi connectivity index (χ0) is 24.6. The first-order valence-corrected chi connectivity index (χ1v) is 11.6. The van der Waals surface area contributed by atoms with Crippen LogP contribution in [0.15, 0.2) is 24.3 Å². The summed E-state index contributed by atoms with van der Waals surface area (Å²) in [6, 6.07) is 6.87. The minimum atomic E-state index is -0.809. The lowest BCUT2D eigenvalue weighted by Crippen LogP contribution is -2.54. The number of morpholine rings is 1. The fourth-order valence-corrected chi connectivity index (χ4v) is 4.28. The van der Waals surface area contributed by atoms with Crippen LogP contribution < -0.4 is 0 Å². The highest BCUT2D eigenvalue weighted by Gasteiger charge is 2.43. The third-order valence-electron chi connectivity index (χ3n) is 5.99. The van der Waals surface area contributed by atoms with E-state index in [0.717, 1.165) is 18.2 Å². The largest absolute Gasteiger partial charge is 0.444 e. The Morgan fingerprint density at radius 1 is 1.26 bits per heavy atom. The summed E-state index contributed by atoms with van der Waals surface area (Å²) in [4.78, 5) is 41.8. The fourth-order valence-electron chi connectivity index (χ4n) is 4.28. The van der Waals surface area contributed by atoms with Crippen LogP contribution in [0.5, 0.6) is 0 Å². The number of carbonyl (C=O) groups is 3. The molecule has 0 radical (unpaired) electrons. The third kappa shape index (κ3) is 4.92. The number of amides is 2. The van der Waals surface area contributed by atoms with E-state index in [4.69, 9.17) is 9.47 Å². The lowest BCUT2D eigenvalue weighted by molar-refractivity contribution is -0.151. The number of nitrogens with zero attached hydrogens (tertiary/aromatic N) is 4. The Morgan fingerprint density at radius 2 is 1.97 bits per heavy atom. The monoisotopic (exact) mass is 472 g/mol. The van der Waals surface area contributed by atoms with Crippen molar-refractivity contribution in [2.24, 2.45) is 0 Å². The second kappa shape index (κ2) is 9.34. The molecule has 1 aromatic heterocycles. The number of fused-ring (bicyclic) bond motifs is 1. The number of hydrogen-bond donors (Lipinski definition) is 1. The molecule has 2 heterocycles. The van der Waals surface area contributed by atoms with Crippen LogP contribution in [0.25, 0.3) is 10.9 Å². The maximum absolute atomic E-state index is 13.7. The van der Waals surface area contributed by atoms with Gasteiger partial charge in [-0.05, 0) is 46.6 Å². The van der Waals surface area contributed by atoms with E-state index in [-0.39, 0.29) is 25.1 Å². The number of para-hydroxylation sites is 1. The summed E-state index contributed by atoms with van der Waals surface area (Å²) in [5.41, 5.74) is 0.532. The van der Waals surface area contributed by atoms with Crippen molar-refractivity contribution < 1.29 is 29.0 Å². The minimum Gasteiger partial charge on any atom is -0.444 e. The Morgan fingerprint density at radius 3 is 2.62 bits per heavy atom. The smallest absolute Gasteiger partial charge is 0.410 e. The van der Waals surface area contributed by atoms with Gasteiger partial charge in [0, 0.05) is 18.0 Å². The van der Waals surface area contributed by atoms with Gasteiger partial charge in [0.2, 0.25) is 0 Å². The number of ether oxygens (including phenoxy) is 2. The molecule has 0 unspecified atom stereocenters. The lowest BCUT2D eigenvalue weighted by Gasteiger charge is -2.37. The number of benzene rings is 1. The molecule has 10 heteroatoms. The highest BCUT2D eigenvalue weighted by atomic mass is 16.6. The topological polar surface area (TPSA) is 114 Å². The molecular formula is C24H32N4O6. The van der Waals surface area contributed by atoms with Crippen molar-refractivity contribution in [1.82, 2.24) is 19.6 Å². The number of aromatic nitrogens is 2. The number of aliphatic hydroxyl groups excluding tert-OH is 1. The van der Waals surface area contributed by atoms with Gasteiger partial charge in [-0.15, -0.1) is 0 Å². The van der Waals surface area contributed by atoms with Crippen molar-refractivity contribution in [2.45, 2.75) is 64.3 Å². The second-order valence-electron chi connectivity index (χ2n) is 9.80. The number of aliphatic hydroxyl groups is 1. The van der Waals surface area contributed by atoms with Crippen molar-refractivity contribution in [3.63, 3.8) is 0 Å². The first kappa shape index (κ1) is 24.2. The van der Waals surface area contributed by atoms with Gasteiger partial charge in [0.1, 0.15) is 12.2 Å². The molecule has 0 bridgehead atoms. The Kier molecular flexibility index (Phi) is 6.64. The van der Waals surface area contributed by atoms with Gasteiger partial charge in [0.05, 0.1) is 30.4 Å². The molecule has 1 aromatic carbocycles. The average molecular weight is 473 g/mol. The molecule has 4 rings (SSSR count). The molecule has 1 saturated heterocycles. The van der Waals surface area contributed by atoms with E-state index in [1.807, 2.05) is 19.1 Å². The van der Waals surface area contributed by atoms with Crippen molar-refractivity contribution in [3.05, 3.63) is 30.0 Å². The zero-order valence-corrected chi connectivity index (χ0v) is 20.1. The van der Waals surface area contributed by atoms with Gasteiger partial charge in [-0.2, -0.15) is 9.78 Å². The lowest BCUT2D eigenvalue weighted by atomic mass is 10.1. The summed E-state index contributed by atoms with van der Waals surface area (Å²) in [6.45, 7) is 7.33. The minimum absolute atomic E-state index is 0.0421. The van der Waals surface area contributed by atoms with Crippen LogP contribution in [0, 0.1) is 0 Å². The van der Waals surface area contributed by atoms with Crippen LogP contribution in [0.4, 0.5) is 4.79 Å². The average Bonchev–Trinajstić information content (AvgIpc) is 3.56. The van der Waals surface area contributed by atoms with Crippen LogP contribution in [0.3, 0.4) is 0 Å². The SMILES string of the molecule is C[C@H](c1nn(C(=O)CO)c2ccccc12)N(C(=O)[C@H]1CN(C(=O)OC(C)(C)C)CCO1)C1CC1. The van der Waals surface area contributed by atoms with E-state index in [0.29, 0.717) is 17.8 Å². The maximum atomic E-state index is 13.7. The summed E-state index contributed by atoms with van der Waals surface area (Å²) < 4.78 is 12.5. The maximum Gasteiger partial charge on any atom is 0.410 e. The standard InChI is InChI=1S/C24H32N4O6/c1-15(21-17-7-5-6-8-18(17)28(25-21)20(30)14-29)27(16-9-10-16)22(31)19-13-26(11-12-33-19)23(32)34-24(2,3)4/h5-8,15-16,19,29H,9-14H2,1-4H3/t15-,19-/m1/s1. The number of hydrogen-bond acceptors (Lipinski definition) is 7. The third-order valence-corrected chi connectivity index (χ3v) is 5.99. The molecule has 1 saturated carbocycles. The zero-order valence-electron chi connectivity index (χ0n) is 20.1. The molecule has 34 heavy (non-hydrogen) atoms. The quantitative estimate of drug-likeness (QED) is 0.710. The fraction of sp³-hybridized carbons (Fsp3) is 0.583. The Hall–Kier alpha value is -2.98. The Labute approximate surface area is 198 Å². The van der Waals surface area contributed by atoms with Gasteiger partial charge in [-0.3, -0.25) is 9.59 Å². The molecule has 2 aliphatic rings. The van der Waals surface area contributed by atoms with E-state index < -0.39 is 36.4 Å². The number of rotatable bonds is 5. The first-order valence-electron chi connectivity index (χ1n) is 11.6. The van der Waals surface area contributed by atoms with E-state index in [9.17, 15) is 19.5 Å². The molecule has 10 nitrogen and oxygen atoms in total. The van der Waals surface area contributed by atoms with Gasteiger partial charge < -0.3 is 24.4 Å². The molecule has 1 aliphatic carbocycles. The Balaban J connectivity index is 1.59. The molecule has 2 amide bonds. The molecule has 1 aliphatic heterocycles. The summed E-state index contributed by atoms with van der Waals surface area (Å²) >= 11 is 0. The van der Waals surface area contributed by atoms with Gasteiger partial charge in [0.15, 0.2) is 6.10 Å². The van der Waals surface area contributed by atoms with Crippen molar-refractivity contribution in [1.29, 1.82) is 0 Å². The van der Waals surface area contributed by atoms with Crippen LogP contribution >= 0.6 is 0 Å². The first-order chi connectivity index (χ1) is 16.1.